The lowest BCUT2D eigenvalue weighted by molar-refractivity contribution is -0.123. The summed E-state index contributed by atoms with van der Waals surface area (Å²) in [6.07, 6.45) is 0.760. The normalized spacial score (nSPS) is 15.7. The number of benzene rings is 1. The summed E-state index contributed by atoms with van der Waals surface area (Å²) in [5.41, 5.74) is 0.974. The van der Waals surface area contributed by atoms with Crippen LogP contribution in [0, 0.1) is 6.92 Å². The molecule has 0 unspecified atom stereocenters. The number of rotatable bonds is 4. The number of hydrogen-bond acceptors (Lipinski definition) is 6. The molecule has 1 fully saturated rings. The van der Waals surface area contributed by atoms with Crippen molar-refractivity contribution >= 4 is 29.7 Å². The lowest BCUT2D eigenvalue weighted by Crippen LogP contribution is -2.43. The van der Waals surface area contributed by atoms with Crippen molar-refractivity contribution in [3.05, 3.63) is 47.8 Å². The van der Waals surface area contributed by atoms with Gasteiger partial charge in [-0.2, -0.15) is 0 Å². The van der Waals surface area contributed by atoms with Gasteiger partial charge in [0.05, 0.1) is 25.0 Å². The summed E-state index contributed by atoms with van der Waals surface area (Å²) in [6, 6.07) is 8.37. The Balaban J connectivity index is 1.87. The highest BCUT2D eigenvalue weighted by molar-refractivity contribution is 6.22. The van der Waals surface area contributed by atoms with E-state index in [2.05, 4.69) is 20.0 Å². The number of methoxy groups -OCH3 is 1. The molecule has 9 nitrogen and oxygen atoms in total. The van der Waals surface area contributed by atoms with E-state index in [1.165, 1.54) is 23.1 Å². The quantitative estimate of drug-likeness (QED) is 0.814. The van der Waals surface area contributed by atoms with E-state index < -0.39 is 17.7 Å². The first kappa shape index (κ1) is 19.3. The smallest absolute Gasteiger partial charge is 0.413 e. The molecule has 1 saturated heterocycles. The lowest BCUT2D eigenvalue weighted by atomic mass is 10.0. The molecule has 1 N–H and O–H groups in total. The second kappa shape index (κ2) is 7.26. The van der Waals surface area contributed by atoms with Gasteiger partial charge >= 0.3 is 12.1 Å². The number of nitrogens with one attached hydrogen (secondary N) is 1. The predicted octanol–water partition coefficient (Wildman–Crippen LogP) is 2.71. The molecule has 1 aliphatic rings. The van der Waals surface area contributed by atoms with Crippen molar-refractivity contribution in [1.82, 2.24) is 14.9 Å². The monoisotopic (exact) mass is 383 g/mol. The first-order chi connectivity index (χ1) is 13.2. The maximum absolute atomic E-state index is 13.0. The third-order valence-electron chi connectivity index (χ3n) is 4.55. The number of aromatic nitrogens is 2. The van der Waals surface area contributed by atoms with Gasteiger partial charge in [-0.15, -0.1) is 0 Å². The maximum Gasteiger partial charge on any atom is 0.413 e. The number of hydrogen-bond donors (Lipinski definition) is 1. The Morgan fingerprint density at radius 1 is 1.18 bits per heavy atom. The summed E-state index contributed by atoms with van der Waals surface area (Å²) in [6.45, 7) is 5.40. The zero-order valence-electron chi connectivity index (χ0n) is 16.1. The van der Waals surface area contributed by atoms with Crippen molar-refractivity contribution in [3.63, 3.8) is 0 Å². The van der Waals surface area contributed by atoms with Gasteiger partial charge in [-0.3, -0.25) is 10.1 Å². The number of nitrogens with zero attached hydrogens (tertiary/aromatic N) is 4. The Morgan fingerprint density at radius 3 is 2.50 bits per heavy atom. The molecule has 2 aromatic rings. The molecular formula is C19H21N5O4. The van der Waals surface area contributed by atoms with E-state index >= 15 is 0 Å². The van der Waals surface area contributed by atoms with Gasteiger partial charge in [0.2, 0.25) is 5.95 Å². The fourth-order valence-electron chi connectivity index (χ4n) is 2.87. The van der Waals surface area contributed by atoms with Gasteiger partial charge in [-0.05, 0) is 39.0 Å². The van der Waals surface area contributed by atoms with Gasteiger partial charge in [-0.1, -0.05) is 17.7 Å². The largest absolute Gasteiger partial charge is 0.453 e. The molecule has 0 bridgehead atoms. The van der Waals surface area contributed by atoms with Crippen LogP contribution in [0.25, 0.3) is 0 Å². The molecule has 2 heterocycles. The number of aryl methyl sites for hydroxylation is 1. The van der Waals surface area contributed by atoms with Gasteiger partial charge in [0.15, 0.2) is 0 Å². The molecule has 0 radical (unpaired) electrons. The van der Waals surface area contributed by atoms with E-state index in [0.717, 1.165) is 5.56 Å². The zero-order valence-corrected chi connectivity index (χ0v) is 16.1. The molecule has 1 aromatic carbocycles. The fourth-order valence-corrected chi connectivity index (χ4v) is 2.87. The summed E-state index contributed by atoms with van der Waals surface area (Å²) in [7, 11) is 1.23. The van der Waals surface area contributed by atoms with Gasteiger partial charge in [-0.25, -0.2) is 24.5 Å². The zero-order chi connectivity index (χ0) is 20.5. The number of carbonyl (C=O) groups is 3. The van der Waals surface area contributed by atoms with Crippen LogP contribution < -0.4 is 10.2 Å². The van der Waals surface area contributed by atoms with Crippen LogP contribution in [-0.4, -0.2) is 45.5 Å². The Hall–Kier alpha value is -3.49. The molecule has 9 heteroatoms. The standard InChI is InChI=1S/C19H21N5O4/c1-12-5-7-14(8-6-12)24-15(25)19(2,3)23(18(24)27)11-13-9-10-20-16(21-13)22-17(26)28-4/h5-10H,11H2,1-4H3,(H,20,21,22,26). The van der Waals surface area contributed by atoms with Gasteiger partial charge < -0.3 is 9.64 Å². The number of amides is 4. The minimum atomic E-state index is -1.05. The van der Waals surface area contributed by atoms with Crippen LogP contribution in [-0.2, 0) is 16.1 Å². The summed E-state index contributed by atoms with van der Waals surface area (Å²) in [4.78, 5) is 48.1. The first-order valence-electron chi connectivity index (χ1n) is 8.63. The molecule has 1 aromatic heterocycles. The highest BCUT2D eigenvalue weighted by Crippen LogP contribution is 2.33. The second-order valence-electron chi connectivity index (χ2n) is 6.89. The van der Waals surface area contributed by atoms with Crippen LogP contribution in [0.15, 0.2) is 36.5 Å². The van der Waals surface area contributed by atoms with E-state index in [4.69, 9.17) is 0 Å². The number of carbonyl (C=O) groups excluding carboxylic acids is 3. The van der Waals surface area contributed by atoms with Crippen LogP contribution in [0.5, 0.6) is 0 Å². The highest BCUT2D eigenvalue weighted by Gasteiger charge is 2.51. The van der Waals surface area contributed by atoms with E-state index in [9.17, 15) is 14.4 Å². The van der Waals surface area contributed by atoms with Gasteiger partial charge in [0.25, 0.3) is 5.91 Å². The van der Waals surface area contributed by atoms with Crippen molar-refractivity contribution in [2.24, 2.45) is 0 Å². The van der Waals surface area contributed by atoms with Gasteiger partial charge in [0, 0.05) is 6.20 Å². The maximum atomic E-state index is 13.0. The van der Waals surface area contributed by atoms with E-state index in [0.29, 0.717) is 11.4 Å². The summed E-state index contributed by atoms with van der Waals surface area (Å²) >= 11 is 0. The number of anilines is 2. The summed E-state index contributed by atoms with van der Waals surface area (Å²) < 4.78 is 4.52. The van der Waals surface area contributed by atoms with E-state index in [1.54, 1.807) is 32.0 Å². The van der Waals surface area contributed by atoms with Crippen LogP contribution in [0.2, 0.25) is 0 Å². The number of ether oxygens (including phenoxy) is 1. The number of imide groups is 1. The molecule has 3 rings (SSSR count). The minimum absolute atomic E-state index is 0.0514. The molecule has 146 valence electrons. The van der Waals surface area contributed by atoms with Crippen molar-refractivity contribution in [2.75, 3.05) is 17.3 Å². The molecule has 0 spiro atoms. The van der Waals surface area contributed by atoms with Crippen LogP contribution >= 0.6 is 0 Å². The third kappa shape index (κ3) is 3.51. The van der Waals surface area contributed by atoms with Crippen molar-refractivity contribution in [1.29, 1.82) is 0 Å². The van der Waals surface area contributed by atoms with Crippen LogP contribution in [0.1, 0.15) is 25.1 Å². The Labute approximate surface area is 162 Å². The average Bonchev–Trinajstić information content (AvgIpc) is 2.83. The lowest BCUT2D eigenvalue weighted by Gasteiger charge is -2.27. The SMILES string of the molecule is COC(=O)Nc1nccc(CN2C(=O)N(c3ccc(C)cc3)C(=O)C2(C)C)n1. The van der Waals surface area contributed by atoms with Crippen molar-refractivity contribution in [2.45, 2.75) is 32.9 Å². The van der Waals surface area contributed by atoms with Gasteiger partial charge in [0.1, 0.15) is 5.54 Å². The average molecular weight is 383 g/mol. The first-order valence-corrected chi connectivity index (χ1v) is 8.63. The van der Waals surface area contributed by atoms with Crippen LogP contribution in [0.4, 0.5) is 21.2 Å². The second-order valence-corrected chi connectivity index (χ2v) is 6.89. The molecule has 28 heavy (non-hydrogen) atoms. The third-order valence-corrected chi connectivity index (χ3v) is 4.55. The fraction of sp³-hybridized carbons (Fsp3) is 0.316. The Bertz CT molecular complexity index is 926. The van der Waals surface area contributed by atoms with E-state index in [1.807, 2.05) is 19.1 Å². The Kier molecular flexibility index (Phi) is 5.00. The molecule has 1 aliphatic heterocycles. The molecule has 0 atom stereocenters. The van der Waals surface area contributed by atoms with Crippen LogP contribution in [0.3, 0.4) is 0 Å². The van der Waals surface area contributed by atoms with Crippen molar-refractivity contribution in [3.8, 4) is 0 Å². The molecule has 4 amide bonds. The van der Waals surface area contributed by atoms with E-state index in [-0.39, 0.29) is 18.4 Å². The van der Waals surface area contributed by atoms with Crippen molar-refractivity contribution < 1.29 is 19.1 Å². The topological polar surface area (TPSA) is 105 Å². The predicted molar refractivity (Wildman–Crippen MR) is 102 cm³/mol. The Morgan fingerprint density at radius 2 is 1.86 bits per heavy atom. The number of urea groups is 1. The molecular weight excluding hydrogens is 362 g/mol. The minimum Gasteiger partial charge on any atom is -0.453 e. The molecule has 0 saturated carbocycles. The summed E-state index contributed by atoms with van der Waals surface area (Å²) in [5.74, 6) is -0.265. The highest BCUT2D eigenvalue weighted by atomic mass is 16.5. The summed E-state index contributed by atoms with van der Waals surface area (Å²) in [5, 5.41) is 2.37. The molecule has 0 aliphatic carbocycles.